The van der Waals surface area contributed by atoms with Crippen molar-refractivity contribution in [3.63, 3.8) is 0 Å². The summed E-state index contributed by atoms with van der Waals surface area (Å²) >= 11 is 3.29. The molecular weight excluding hydrogens is 829 g/mol. The monoisotopic (exact) mass is 892 g/mol. The van der Waals surface area contributed by atoms with Crippen LogP contribution in [0.25, 0.3) is 11.1 Å². The molecule has 2 unspecified atom stereocenters. The lowest BCUT2D eigenvalue weighted by Crippen LogP contribution is -2.17. The Kier molecular flexibility index (Phi) is 17.1. The number of thioether (sulfide) groups is 2. The first-order chi connectivity index (χ1) is 31.5. The largest absolute Gasteiger partial charge is 0.463 e. The molecule has 0 amide bonds. The van der Waals surface area contributed by atoms with E-state index in [1.807, 2.05) is 12.1 Å². The minimum absolute atomic E-state index is 0.0764. The summed E-state index contributed by atoms with van der Waals surface area (Å²) in [6.07, 6.45) is 24.3. The minimum atomic E-state index is -0.314. The molecule has 4 aromatic carbocycles. The summed E-state index contributed by atoms with van der Waals surface area (Å²) in [6.45, 7) is 6.24. The van der Waals surface area contributed by atoms with Gasteiger partial charge < -0.3 is 9.64 Å². The third-order valence-electron chi connectivity index (χ3n) is 13.2. The molecule has 1 saturated carbocycles. The van der Waals surface area contributed by atoms with E-state index in [1.54, 1.807) is 23.5 Å². The summed E-state index contributed by atoms with van der Waals surface area (Å²) in [5, 5.41) is 19.9. The van der Waals surface area contributed by atoms with Crippen molar-refractivity contribution in [3.8, 4) is 11.1 Å². The van der Waals surface area contributed by atoms with Gasteiger partial charge in [-0.15, -0.1) is 15.3 Å². The van der Waals surface area contributed by atoms with Gasteiger partial charge >= 0.3 is 5.97 Å². The summed E-state index contributed by atoms with van der Waals surface area (Å²) in [5.41, 5.74) is 9.90. The summed E-state index contributed by atoms with van der Waals surface area (Å²) in [5.74, 6) is 1.25. The molecule has 4 aliphatic rings. The zero-order valence-corrected chi connectivity index (χ0v) is 39.0. The Morgan fingerprint density at radius 1 is 0.672 bits per heavy atom. The second-order valence-electron chi connectivity index (χ2n) is 17.8. The Balaban J connectivity index is 0.666. The van der Waals surface area contributed by atoms with Gasteiger partial charge in [0.25, 0.3) is 0 Å². The number of esters is 1. The molecule has 0 spiro atoms. The molecule has 0 radical (unpaired) electrons. The van der Waals surface area contributed by atoms with Crippen LogP contribution in [-0.4, -0.2) is 41.5 Å². The smallest absolute Gasteiger partial charge is 0.330 e. The molecule has 0 aromatic heterocycles. The van der Waals surface area contributed by atoms with E-state index in [4.69, 9.17) is 9.73 Å². The molecule has 2 fully saturated rings. The highest BCUT2D eigenvalue weighted by atomic mass is 32.2. The topological polar surface area (TPSA) is 91.3 Å². The fraction of sp³-hybridized carbons (Fsp3) is 0.444. The van der Waals surface area contributed by atoms with Gasteiger partial charge in [-0.1, -0.05) is 129 Å². The molecule has 8 nitrogen and oxygen atoms in total. The number of hydrogen-bond acceptors (Lipinski definition) is 10. The quantitative estimate of drug-likeness (QED) is 0.0360. The number of unbranched alkanes of at least 4 members (excludes halogenated alkanes) is 6. The Bertz CT molecular complexity index is 2220. The Morgan fingerprint density at radius 2 is 1.27 bits per heavy atom. The number of carbonyl (C=O) groups is 1. The lowest BCUT2D eigenvalue weighted by atomic mass is 9.77. The molecule has 3 aliphatic heterocycles. The fourth-order valence-electron chi connectivity index (χ4n) is 9.38. The average molecular weight is 893 g/mol. The summed E-state index contributed by atoms with van der Waals surface area (Å²) in [4.78, 5) is 18.3. The van der Waals surface area contributed by atoms with Gasteiger partial charge in [-0.25, -0.2) is 9.79 Å². The van der Waals surface area contributed by atoms with Crippen LogP contribution in [0.5, 0.6) is 0 Å². The molecule has 64 heavy (non-hydrogen) atoms. The maximum Gasteiger partial charge on any atom is 0.330 e. The maximum atomic E-state index is 11.1. The number of benzene rings is 4. The van der Waals surface area contributed by atoms with Gasteiger partial charge in [0.2, 0.25) is 5.17 Å². The van der Waals surface area contributed by atoms with Gasteiger partial charge in [0, 0.05) is 24.9 Å². The zero-order valence-electron chi connectivity index (χ0n) is 37.4. The van der Waals surface area contributed by atoms with E-state index >= 15 is 0 Å². The van der Waals surface area contributed by atoms with Crippen LogP contribution in [0.3, 0.4) is 0 Å². The first-order valence-corrected chi connectivity index (χ1v) is 25.7. The van der Waals surface area contributed by atoms with E-state index < -0.39 is 0 Å². The van der Waals surface area contributed by atoms with Crippen LogP contribution in [0, 0.1) is 5.92 Å². The molecular formula is C54H64N6O2S2. The van der Waals surface area contributed by atoms with Gasteiger partial charge in [-0.05, 0) is 153 Å². The third-order valence-corrected chi connectivity index (χ3v) is 15.5. The molecule has 334 valence electrons. The molecule has 10 heteroatoms. The van der Waals surface area contributed by atoms with Gasteiger partial charge in [0.15, 0.2) is 0 Å². The minimum Gasteiger partial charge on any atom is -0.463 e. The predicted octanol–water partition coefficient (Wildman–Crippen LogP) is 15.5. The standard InChI is InChI=1S/C54H64N6O2S2/c1-2-52(61)62-38-12-6-5-9-14-41-18-24-44(25-19-41)46-28-26-45(27-29-46)43-22-16-40(17-23-43)13-7-3-4-8-15-42-20-30-47(31-21-42)56-58-51-39-50-53(64-51)55-54(63-50)59-57-48-32-34-49(35-33-48)60-36-10-11-37-60/h2,16-17,20-23,26-35,39,41,44,50,53H,1,3-15,18-19,24-25,36-38H2. The summed E-state index contributed by atoms with van der Waals surface area (Å²) < 4.78 is 5.08. The van der Waals surface area contributed by atoms with E-state index in [2.05, 4.69) is 123 Å². The van der Waals surface area contributed by atoms with Gasteiger partial charge in [-0.3, -0.25) is 0 Å². The van der Waals surface area contributed by atoms with E-state index in [1.165, 1.54) is 123 Å². The van der Waals surface area contributed by atoms with Gasteiger partial charge in [0.1, 0.15) is 10.4 Å². The lowest BCUT2D eigenvalue weighted by Gasteiger charge is -2.29. The van der Waals surface area contributed by atoms with Crippen molar-refractivity contribution in [2.24, 2.45) is 31.4 Å². The van der Waals surface area contributed by atoms with Crippen molar-refractivity contribution in [1.29, 1.82) is 0 Å². The van der Waals surface area contributed by atoms with Crippen LogP contribution in [-0.2, 0) is 22.4 Å². The number of anilines is 1. The van der Waals surface area contributed by atoms with Crippen LogP contribution in [0.1, 0.15) is 119 Å². The maximum absolute atomic E-state index is 11.1. The number of azo groups is 2. The summed E-state index contributed by atoms with van der Waals surface area (Å²) in [6, 6.07) is 35.5. The van der Waals surface area contributed by atoms with Crippen molar-refractivity contribution in [2.75, 3.05) is 24.6 Å². The highest BCUT2D eigenvalue weighted by Gasteiger charge is 2.36. The lowest BCUT2D eigenvalue weighted by molar-refractivity contribution is -0.137. The molecule has 1 aliphatic carbocycles. The number of rotatable bonds is 21. The summed E-state index contributed by atoms with van der Waals surface area (Å²) in [7, 11) is 0. The van der Waals surface area contributed by atoms with Gasteiger partial charge in [0.05, 0.1) is 23.2 Å². The van der Waals surface area contributed by atoms with Crippen molar-refractivity contribution in [2.45, 2.75) is 126 Å². The number of aliphatic imine (C=N–C) groups is 1. The first-order valence-electron chi connectivity index (χ1n) is 23.9. The number of amidine groups is 1. The highest BCUT2D eigenvalue weighted by molar-refractivity contribution is 8.16. The van der Waals surface area contributed by atoms with E-state index in [0.29, 0.717) is 12.5 Å². The van der Waals surface area contributed by atoms with Crippen LogP contribution in [0.2, 0.25) is 0 Å². The van der Waals surface area contributed by atoms with Crippen LogP contribution >= 0.6 is 23.5 Å². The second kappa shape index (κ2) is 23.9. The van der Waals surface area contributed by atoms with E-state index in [9.17, 15) is 4.79 Å². The molecule has 2 atom stereocenters. The van der Waals surface area contributed by atoms with Crippen LogP contribution in [0.4, 0.5) is 17.1 Å². The second-order valence-corrected chi connectivity index (χ2v) is 20.1. The number of hydrogen-bond donors (Lipinski definition) is 0. The van der Waals surface area contributed by atoms with Crippen molar-refractivity contribution in [1.82, 2.24) is 0 Å². The molecule has 3 heterocycles. The number of carbonyl (C=O) groups excluding carboxylic acids is 1. The Labute approximate surface area is 389 Å². The number of ether oxygens (including phenoxy) is 1. The van der Waals surface area contributed by atoms with Crippen LogP contribution in [0.15, 0.2) is 146 Å². The van der Waals surface area contributed by atoms with E-state index in [0.717, 1.165) is 66.3 Å². The predicted molar refractivity (Wildman–Crippen MR) is 268 cm³/mol. The SMILES string of the molecule is C=CC(=O)OCCCCCCC1CCC(c2ccc(-c3ccc(CCCCCCc4ccc(N=NC5=CC6SC(N=Nc7ccc(N8CCCC8)cc7)=NC6S5)cc4)cc3)cc2)CC1. The van der Waals surface area contributed by atoms with Crippen molar-refractivity contribution >= 4 is 51.7 Å². The molecule has 0 N–H and O–H groups in total. The third kappa shape index (κ3) is 13.6. The Morgan fingerprint density at radius 3 is 1.92 bits per heavy atom. The van der Waals surface area contributed by atoms with Crippen LogP contribution < -0.4 is 4.90 Å². The zero-order chi connectivity index (χ0) is 43.8. The molecule has 0 bridgehead atoms. The molecule has 1 saturated heterocycles. The number of fused-ring (bicyclic) bond motifs is 1. The van der Waals surface area contributed by atoms with Crippen molar-refractivity contribution in [3.05, 3.63) is 138 Å². The van der Waals surface area contributed by atoms with Crippen molar-refractivity contribution < 1.29 is 9.53 Å². The fourth-order valence-corrected chi connectivity index (χ4v) is 11.7. The average Bonchev–Trinajstić information content (AvgIpc) is 4.11. The molecule has 8 rings (SSSR count). The number of aryl methyl sites for hydroxylation is 2. The Hall–Kier alpha value is -4.80. The molecule has 4 aromatic rings. The first kappa shape index (κ1) is 45.8. The normalized spacial score (nSPS) is 20.8. The highest BCUT2D eigenvalue weighted by Crippen LogP contribution is 2.45. The van der Waals surface area contributed by atoms with Gasteiger partial charge in [-0.2, -0.15) is 5.11 Å². The number of nitrogens with zero attached hydrogens (tertiary/aromatic N) is 6. The van der Waals surface area contributed by atoms with E-state index in [-0.39, 0.29) is 16.6 Å².